The van der Waals surface area contributed by atoms with E-state index in [0.29, 0.717) is 22.8 Å². The number of fused-ring (bicyclic) bond motifs is 1. The van der Waals surface area contributed by atoms with Crippen molar-refractivity contribution >= 4 is 28.4 Å². The van der Waals surface area contributed by atoms with Crippen molar-refractivity contribution in [2.24, 2.45) is 0 Å². The number of hydrogen-bond donors (Lipinski definition) is 1. The van der Waals surface area contributed by atoms with Gasteiger partial charge < -0.3 is 9.73 Å². The van der Waals surface area contributed by atoms with Gasteiger partial charge in [-0.2, -0.15) is 0 Å². The Morgan fingerprint density at radius 3 is 2.69 bits per heavy atom. The number of benzene rings is 2. The Labute approximate surface area is 154 Å². The molecule has 0 saturated carbocycles. The lowest BCUT2D eigenvalue weighted by molar-refractivity contribution is 0.0942. The number of para-hydroxylation sites is 1. The van der Waals surface area contributed by atoms with Crippen molar-refractivity contribution < 1.29 is 9.21 Å². The van der Waals surface area contributed by atoms with Crippen molar-refractivity contribution in [3.05, 3.63) is 82.6 Å². The first kappa shape index (κ1) is 16.5. The Hall–Kier alpha value is -2.99. The minimum Gasteiger partial charge on any atom is -0.459 e. The largest absolute Gasteiger partial charge is 0.459 e. The van der Waals surface area contributed by atoms with Gasteiger partial charge in [-0.05, 0) is 35.6 Å². The van der Waals surface area contributed by atoms with Gasteiger partial charge in [0.25, 0.3) is 5.91 Å². The second-order valence-corrected chi connectivity index (χ2v) is 6.66. The lowest BCUT2D eigenvalue weighted by atomic mass is 10.0. The quantitative estimate of drug-likeness (QED) is 0.572. The van der Waals surface area contributed by atoms with Gasteiger partial charge in [0.1, 0.15) is 22.3 Å². The summed E-state index contributed by atoms with van der Waals surface area (Å²) in [6.45, 7) is 1.96. The van der Waals surface area contributed by atoms with Crippen molar-refractivity contribution in [3.63, 3.8) is 0 Å². The number of carbonyl (C=O) groups excluding carboxylic acids is 1. The van der Waals surface area contributed by atoms with Gasteiger partial charge in [-0.1, -0.05) is 59.9 Å². The van der Waals surface area contributed by atoms with Crippen LogP contribution in [-0.4, -0.2) is 15.5 Å². The summed E-state index contributed by atoms with van der Waals surface area (Å²) >= 11 is 1.12. The van der Waals surface area contributed by atoms with E-state index in [1.165, 1.54) is 0 Å². The minimum absolute atomic E-state index is 0.189. The summed E-state index contributed by atoms with van der Waals surface area (Å²) in [6.07, 6.45) is 0.667. The molecule has 0 spiro atoms. The van der Waals surface area contributed by atoms with Crippen LogP contribution in [0.3, 0.4) is 0 Å². The molecule has 0 aliphatic rings. The molecule has 0 saturated heterocycles. The van der Waals surface area contributed by atoms with Gasteiger partial charge in [-0.25, -0.2) is 0 Å². The zero-order valence-corrected chi connectivity index (χ0v) is 15.0. The molecule has 2 heterocycles. The van der Waals surface area contributed by atoms with E-state index >= 15 is 0 Å². The van der Waals surface area contributed by atoms with Gasteiger partial charge in [0.15, 0.2) is 0 Å². The van der Waals surface area contributed by atoms with Crippen molar-refractivity contribution in [3.8, 4) is 0 Å². The Morgan fingerprint density at radius 1 is 1.15 bits per heavy atom. The van der Waals surface area contributed by atoms with Gasteiger partial charge in [0.2, 0.25) is 0 Å². The third-order valence-electron chi connectivity index (χ3n) is 4.23. The summed E-state index contributed by atoms with van der Waals surface area (Å²) in [7, 11) is 0. The van der Waals surface area contributed by atoms with Crippen LogP contribution in [0.5, 0.6) is 0 Å². The highest BCUT2D eigenvalue weighted by atomic mass is 32.1. The summed E-state index contributed by atoms with van der Waals surface area (Å²) in [5.74, 6) is 0.507. The number of nitrogens with one attached hydrogen (secondary N) is 1. The van der Waals surface area contributed by atoms with E-state index in [-0.39, 0.29) is 11.9 Å². The van der Waals surface area contributed by atoms with Crippen LogP contribution in [0, 0.1) is 0 Å². The normalized spacial score (nSPS) is 12.2. The Balaban J connectivity index is 1.73. The van der Waals surface area contributed by atoms with Crippen LogP contribution in [0.4, 0.5) is 0 Å². The van der Waals surface area contributed by atoms with Gasteiger partial charge >= 0.3 is 0 Å². The topological polar surface area (TPSA) is 68.0 Å². The fraction of sp³-hybridized carbons (Fsp3) is 0.150. The number of furan rings is 1. The summed E-state index contributed by atoms with van der Waals surface area (Å²) < 4.78 is 9.93. The maximum atomic E-state index is 12.8. The first-order chi connectivity index (χ1) is 12.8. The zero-order valence-electron chi connectivity index (χ0n) is 14.2. The number of aromatic nitrogens is 2. The molecule has 0 bridgehead atoms. The zero-order chi connectivity index (χ0) is 17.9. The molecular weight excluding hydrogens is 346 g/mol. The number of nitrogens with zero attached hydrogens (tertiary/aromatic N) is 2. The Morgan fingerprint density at radius 2 is 1.92 bits per heavy atom. The summed E-state index contributed by atoms with van der Waals surface area (Å²) in [5, 5.41) is 8.12. The van der Waals surface area contributed by atoms with Crippen LogP contribution < -0.4 is 5.32 Å². The van der Waals surface area contributed by atoms with Gasteiger partial charge in [0.05, 0.1) is 5.69 Å². The smallest absolute Gasteiger partial charge is 0.265 e. The highest BCUT2D eigenvalue weighted by Crippen LogP contribution is 2.29. The molecule has 6 heteroatoms. The number of carbonyl (C=O) groups is 1. The average Bonchev–Trinajstić information content (AvgIpc) is 3.33. The molecule has 0 aliphatic heterocycles. The van der Waals surface area contributed by atoms with Crippen LogP contribution in [0.15, 0.2) is 65.1 Å². The van der Waals surface area contributed by atoms with E-state index in [0.717, 1.165) is 28.1 Å². The summed E-state index contributed by atoms with van der Waals surface area (Å²) in [5.41, 5.74) is 2.46. The SMILES string of the molecule is CCc1nnsc1C(=O)NC(c1ccccc1)c1cc2ccccc2o1. The van der Waals surface area contributed by atoms with E-state index in [4.69, 9.17) is 4.42 Å². The average molecular weight is 363 g/mol. The van der Waals surface area contributed by atoms with Crippen LogP contribution in [-0.2, 0) is 6.42 Å². The minimum atomic E-state index is -0.386. The molecule has 0 aliphatic carbocycles. The third-order valence-corrected chi connectivity index (χ3v) is 5.00. The number of hydrogen-bond acceptors (Lipinski definition) is 5. The molecule has 5 nitrogen and oxygen atoms in total. The first-order valence-corrected chi connectivity index (χ1v) is 9.19. The highest BCUT2D eigenvalue weighted by Gasteiger charge is 2.24. The maximum absolute atomic E-state index is 12.8. The van der Waals surface area contributed by atoms with Gasteiger partial charge in [-0.15, -0.1) is 5.10 Å². The molecular formula is C20H17N3O2S. The van der Waals surface area contributed by atoms with E-state index in [1.807, 2.05) is 67.6 Å². The lowest BCUT2D eigenvalue weighted by Crippen LogP contribution is -2.29. The lowest BCUT2D eigenvalue weighted by Gasteiger charge is -2.16. The standard InChI is InChI=1S/C20H17N3O2S/c1-2-15-19(26-23-22-15)20(24)21-18(13-8-4-3-5-9-13)17-12-14-10-6-7-11-16(14)25-17/h3-12,18H,2H2,1H3,(H,21,24). The van der Waals surface area contributed by atoms with E-state index in [1.54, 1.807) is 0 Å². The highest BCUT2D eigenvalue weighted by molar-refractivity contribution is 7.08. The molecule has 26 heavy (non-hydrogen) atoms. The molecule has 4 aromatic rings. The molecule has 1 atom stereocenters. The maximum Gasteiger partial charge on any atom is 0.265 e. The Kier molecular flexibility index (Phi) is 4.50. The molecule has 1 amide bonds. The molecule has 1 N–H and O–H groups in total. The summed E-state index contributed by atoms with van der Waals surface area (Å²) in [4.78, 5) is 13.4. The molecule has 0 radical (unpaired) electrons. The van der Waals surface area contributed by atoms with Crippen LogP contribution >= 0.6 is 11.5 Å². The third kappa shape index (κ3) is 3.11. The molecule has 4 rings (SSSR count). The number of aryl methyl sites for hydroxylation is 1. The number of rotatable bonds is 5. The van der Waals surface area contributed by atoms with Crippen LogP contribution in [0.25, 0.3) is 11.0 Å². The van der Waals surface area contributed by atoms with E-state index in [2.05, 4.69) is 14.9 Å². The molecule has 1 unspecified atom stereocenters. The monoisotopic (exact) mass is 363 g/mol. The molecule has 2 aromatic heterocycles. The van der Waals surface area contributed by atoms with Crippen molar-refractivity contribution in [1.29, 1.82) is 0 Å². The fourth-order valence-corrected chi connectivity index (χ4v) is 3.57. The first-order valence-electron chi connectivity index (χ1n) is 8.41. The molecule has 0 fully saturated rings. The van der Waals surface area contributed by atoms with Crippen molar-refractivity contribution in [2.45, 2.75) is 19.4 Å². The van der Waals surface area contributed by atoms with Crippen molar-refractivity contribution in [2.75, 3.05) is 0 Å². The molecule has 130 valence electrons. The van der Waals surface area contributed by atoms with E-state index in [9.17, 15) is 4.79 Å². The molecule has 2 aromatic carbocycles. The Bertz CT molecular complexity index is 1010. The summed E-state index contributed by atoms with van der Waals surface area (Å²) in [6, 6.07) is 19.2. The fourth-order valence-electron chi connectivity index (χ4n) is 2.92. The second kappa shape index (κ2) is 7.09. The van der Waals surface area contributed by atoms with Crippen LogP contribution in [0.1, 0.15) is 39.7 Å². The number of amides is 1. The predicted octanol–water partition coefficient (Wildman–Crippen LogP) is 4.37. The van der Waals surface area contributed by atoms with Gasteiger partial charge in [0, 0.05) is 5.39 Å². The van der Waals surface area contributed by atoms with E-state index < -0.39 is 0 Å². The second-order valence-electron chi connectivity index (χ2n) is 5.91. The van der Waals surface area contributed by atoms with Gasteiger partial charge in [-0.3, -0.25) is 4.79 Å². The van der Waals surface area contributed by atoms with Crippen molar-refractivity contribution in [1.82, 2.24) is 14.9 Å². The predicted molar refractivity (Wildman–Crippen MR) is 101 cm³/mol. The van der Waals surface area contributed by atoms with Crippen LogP contribution in [0.2, 0.25) is 0 Å².